The van der Waals surface area contributed by atoms with Gasteiger partial charge in [-0.2, -0.15) is 5.26 Å². The summed E-state index contributed by atoms with van der Waals surface area (Å²) in [5, 5.41) is 12.0. The highest BCUT2D eigenvalue weighted by Gasteiger charge is 2.13. The summed E-state index contributed by atoms with van der Waals surface area (Å²) >= 11 is 0. The van der Waals surface area contributed by atoms with Crippen LogP contribution in [0.25, 0.3) is 6.08 Å². The molecule has 6 heteroatoms. The number of nitrogens with zero attached hydrogens (tertiary/aromatic N) is 2. The standard InChI is InChI=1S/C20H22N4O2/c1-4-9-24-13(2)10-16(14(24)3)11-17(12-21)20(26)23-18-7-5-15(6-8-18)19(22)25/h5-8,10-11H,4,9H2,1-3H3,(H2,22,25)(H,23,26)/b17-11+. The van der Waals surface area contributed by atoms with E-state index < -0.39 is 11.8 Å². The Balaban J connectivity index is 2.23. The maximum atomic E-state index is 12.4. The van der Waals surface area contributed by atoms with E-state index in [1.54, 1.807) is 18.2 Å². The highest BCUT2D eigenvalue weighted by Crippen LogP contribution is 2.19. The molecule has 1 aromatic heterocycles. The molecule has 2 amide bonds. The van der Waals surface area contributed by atoms with Gasteiger partial charge in [-0.3, -0.25) is 9.59 Å². The molecule has 3 N–H and O–H groups in total. The molecule has 0 aliphatic carbocycles. The number of carbonyl (C=O) groups is 2. The Morgan fingerprint density at radius 1 is 1.27 bits per heavy atom. The highest BCUT2D eigenvalue weighted by atomic mass is 16.2. The predicted octanol–water partition coefficient (Wildman–Crippen LogP) is 3.16. The number of hydrogen-bond acceptors (Lipinski definition) is 3. The second-order valence-electron chi connectivity index (χ2n) is 6.04. The third-order valence-corrected chi connectivity index (χ3v) is 4.15. The van der Waals surface area contributed by atoms with Crippen molar-refractivity contribution < 1.29 is 9.59 Å². The summed E-state index contributed by atoms with van der Waals surface area (Å²) in [6, 6.07) is 10.1. The molecular formula is C20H22N4O2. The predicted molar refractivity (Wildman–Crippen MR) is 101 cm³/mol. The molecule has 26 heavy (non-hydrogen) atoms. The van der Waals surface area contributed by atoms with Gasteiger partial charge in [0.05, 0.1) is 0 Å². The fourth-order valence-corrected chi connectivity index (χ4v) is 2.76. The fraction of sp³-hybridized carbons (Fsp3) is 0.250. The summed E-state index contributed by atoms with van der Waals surface area (Å²) in [7, 11) is 0. The van der Waals surface area contributed by atoms with Gasteiger partial charge < -0.3 is 15.6 Å². The molecule has 2 rings (SSSR count). The molecule has 0 radical (unpaired) electrons. The van der Waals surface area contributed by atoms with Gasteiger partial charge in [-0.1, -0.05) is 6.92 Å². The number of benzene rings is 1. The number of amides is 2. The number of primary amides is 1. The zero-order valence-corrected chi connectivity index (χ0v) is 15.2. The van der Waals surface area contributed by atoms with Gasteiger partial charge >= 0.3 is 0 Å². The second kappa shape index (κ2) is 8.17. The quantitative estimate of drug-likeness (QED) is 0.618. The van der Waals surface area contributed by atoms with Crippen LogP contribution in [-0.4, -0.2) is 16.4 Å². The van der Waals surface area contributed by atoms with Crippen molar-refractivity contribution in [2.24, 2.45) is 5.73 Å². The molecule has 0 spiro atoms. The van der Waals surface area contributed by atoms with Crippen LogP contribution in [0.2, 0.25) is 0 Å². The van der Waals surface area contributed by atoms with Crippen molar-refractivity contribution in [3.63, 3.8) is 0 Å². The summed E-state index contributed by atoms with van der Waals surface area (Å²) in [4.78, 5) is 23.5. The second-order valence-corrected chi connectivity index (χ2v) is 6.04. The van der Waals surface area contributed by atoms with Crippen molar-refractivity contribution in [1.29, 1.82) is 5.26 Å². The Kier molecular flexibility index (Phi) is 5.97. The molecule has 2 aromatic rings. The first kappa shape index (κ1) is 19.0. The largest absolute Gasteiger partial charge is 0.366 e. The molecule has 0 saturated carbocycles. The Hall–Kier alpha value is -3.33. The number of nitrogens with one attached hydrogen (secondary N) is 1. The Bertz CT molecular complexity index is 899. The third-order valence-electron chi connectivity index (χ3n) is 4.15. The summed E-state index contributed by atoms with van der Waals surface area (Å²) in [6.45, 7) is 6.98. The van der Waals surface area contributed by atoms with Crippen LogP contribution in [0.4, 0.5) is 5.69 Å². The lowest BCUT2D eigenvalue weighted by Crippen LogP contribution is -2.14. The van der Waals surface area contributed by atoms with E-state index in [2.05, 4.69) is 16.8 Å². The molecule has 134 valence electrons. The van der Waals surface area contributed by atoms with Crippen molar-refractivity contribution in [3.8, 4) is 6.07 Å². The number of anilines is 1. The average Bonchev–Trinajstić information content (AvgIpc) is 2.87. The maximum absolute atomic E-state index is 12.4. The van der Waals surface area contributed by atoms with Crippen molar-refractivity contribution in [3.05, 3.63) is 58.4 Å². The van der Waals surface area contributed by atoms with Crippen LogP contribution < -0.4 is 11.1 Å². The summed E-state index contributed by atoms with van der Waals surface area (Å²) in [6.07, 6.45) is 2.61. The number of aromatic nitrogens is 1. The lowest BCUT2D eigenvalue weighted by Gasteiger charge is -2.07. The van der Waals surface area contributed by atoms with Gasteiger partial charge in [0.2, 0.25) is 5.91 Å². The van der Waals surface area contributed by atoms with Gasteiger partial charge in [0.15, 0.2) is 0 Å². The Morgan fingerprint density at radius 3 is 2.46 bits per heavy atom. The van der Waals surface area contributed by atoms with E-state index in [1.807, 2.05) is 26.0 Å². The maximum Gasteiger partial charge on any atom is 0.266 e. The van der Waals surface area contributed by atoms with Crippen molar-refractivity contribution in [2.75, 3.05) is 5.32 Å². The smallest absolute Gasteiger partial charge is 0.266 e. The van der Waals surface area contributed by atoms with Crippen LogP contribution in [0, 0.1) is 25.2 Å². The molecule has 0 bridgehead atoms. The van der Waals surface area contributed by atoms with Crippen LogP contribution in [0.5, 0.6) is 0 Å². The first-order valence-corrected chi connectivity index (χ1v) is 8.37. The van der Waals surface area contributed by atoms with Crippen LogP contribution in [0.3, 0.4) is 0 Å². The van der Waals surface area contributed by atoms with Crippen LogP contribution >= 0.6 is 0 Å². The topological polar surface area (TPSA) is 101 Å². The number of hydrogen-bond donors (Lipinski definition) is 2. The SMILES string of the molecule is CCCn1c(C)cc(/C=C(\C#N)C(=O)Nc2ccc(C(N)=O)cc2)c1C. The van der Waals surface area contributed by atoms with E-state index in [9.17, 15) is 14.9 Å². The van der Waals surface area contributed by atoms with E-state index in [1.165, 1.54) is 12.1 Å². The molecule has 0 fully saturated rings. The molecule has 6 nitrogen and oxygen atoms in total. The van der Waals surface area contributed by atoms with Gasteiger partial charge in [0, 0.05) is 29.2 Å². The molecule has 1 aromatic carbocycles. The summed E-state index contributed by atoms with van der Waals surface area (Å²) in [5.41, 5.74) is 9.01. The number of carbonyl (C=O) groups excluding carboxylic acids is 2. The minimum Gasteiger partial charge on any atom is -0.366 e. The monoisotopic (exact) mass is 350 g/mol. The lowest BCUT2D eigenvalue weighted by molar-refractivity contribution is -0.112. The number of nitriles is 1. The minimum absolute atomic E-state index is 0.0146. The molecule has 0 atom stereocenters. The Morgan fingerprint density at radius 2 is 1.92 bits per heavy atom. The van der Waals surface area contributed by atoms with Gasteiger partial charge in [0.1, 0.15) is 11.6 Å². The molecule has 0 unspecified atom stereocenters. The van der Waals surface area contributed by atoms with E-state index in [-0.39, 0.29) is 5.57 Å². The first-order chi connectivity index (χ1) is 12.4. The summed E-state index contributed by atoms with van der Waals surface area (Å²) < 4.78 is 2.17. The van der Waals surface area contributed by atoms with Gasteiger partial charge in [-0.25, -0.2) is 0 Å². The van der Waals surface area contributed by atoms with E-state index in [4.69, 9.17) is 5.73 Å². The molecule has 0 aliphatic heterocycles. The average molecular weight is 350 g/mol. The number of nitrogens with two attached hydrogens (primary N) is 1. The van der Waals surface area contributed by atoms with Gasteiger partial charge in [0.25, 0.3) is 5.91 Å². The van der Waals surface area contributed by atoms with Crippen LogP contribution in [-0.2, 0) is 11.3 Å². The van der Waals surface area contributed by atoms with E-state index in [0.29, 0.717) is 11.3 Å². The molecule has 0 saturated heterocycles. The van der Waals surface area contributed by atoms with Gasteiger partial charge in [-0.15, -0.1) is 0 Å². The Labute approximate surface area is 152 Å². The van der Waals surface area contributed by atoms with Gasteiger partial charge in [-0.05, 0) is 62.2 Å². The fourth-order valence-electron chi connectivity index (χ4n) is 2.76. The van der Waals surface area contributed by atoms with E-state index in [0.717, 1.165) is 29.9 Å². The van der Waals surface area contributed by atoms with Crippen LogP contribution in [0.15, 0.2) is 35.9 Å². The zero-order chi connectivity index (χ0) is 19.3. The van der Waals surface area contributed by atoms with Crippen LogP contribution in [0.1, 0.15) is 40.7 Å². The lowest BCUT2D eigenvalue weighted by atomic mass is 10.1. The third kappa shape index (κ3) is 4.19. The molecule has 1 heterocycles. The van der Waals surface area contributed by atoms with E-state index >= 15 is 0 Å². The molecule has 0 aliphatic rings. The molecular weight excluding hydrogens is 328 g/mol. The normalized spacial score (nSPS) is 11.1. The number of rotatable bonds is 6. The number of aryl methyl sites for hydroxylation is 1. The first-order valence-electron chi connectivity index (χ1n) is 8.37. The van der Waals surface area contributed by atoms with Crippen molar-refractivity contribution in [2.45, 2.75) is 33.7 Å². The zero-order valence-electron chi connectivity index (χ0n) is 15.2. The van der Waals surface area contributed by atoms with Crippen molar-refractivity contribution in [1.82, 2.24) is 4.57 Å². The summed E-state index contributed by atoms with van der Waals surface area (Å²) in [5.74, 6) is -1.04. The van der Waals surface area contributed by atoms with Crippen molar-refractivity contribution >= 4 is 23.6 Å². The minimum atomic E-state index is -0.539. The highest BCUT2D eigenvalue weighted by molar-refractivity contribution is 6.09.